The topological polar surface area (TPSA) is 93.8 Å². The third-order valence-electron chi connectivity index (χ3n) is 11.3. The molecule has 0 amide bonds. The summed E-state index contributed by atoms with van der Waals surface area (Å²) in [6, 6.07) is 6.80. The monoisotopic (exact) mass is 728 g/mol. The highest BCUT2D eigenvalue weighted by molar-refractivity contribution is 6.74. The van der Waals surface area contributed by atoms with Crippen molar-refractivity contribution in [3.8, 4) is 22.4 Å². The number of benzene rings is 1. The number of ether oxygens (including phenoxy) is 1. The van der Waals surface area contributed by atoms with Crippen LogP contribution in [0.25, 0.3) is 33.4 Å². The molecule has 2 aliphatic rings. The first-order chi connectivity index (χ1) is 24.4. The van der Waals surface area contributed by atoms with Crippen LogP contribution in [-0.2, 0) is 9.16 Å². The van der Waals surface area contributed by atoms with Gasteiger partial charge in [0.2, 0.25) is 0 Å². The summed E-state index contributed by atoms with van der Waals surface area (Å²) < 4.78 is 15.8. The molecule has 282 valence electrons. The Bertz CT molecular complexity index is 1860. The van der Waals surface area contributed by atoms with Gasteiger partial charge in [-0.1, -0.05) is 20.8 Å². The molecule has 0 radical (unpaired) electrons. The number of fused-ring (bicyclic) bond motifs is 1. The number of piperazine rings is 1. The number of likely N-dealkylation sites (N-methyl/N-ethyl adjacent to an activating group) is 1. The largest absolute Gasteiger partial charge is 0.443 e. The number of likely N-dealkylation sites (tertiary alicyclic amines) is 1. The highest BCUT2D eigenvalue weighted by Gasteiger charge is 2.37. The van der Waals surface area contributed by atoms with E-state index >= 15 is 0 Å². The number of aromatic nitrogens is 5. The van der Waals surface area contributed by atoms with Gasteiger partial charge in [0.15, 0.2) is 14.0 Å². The zero-order chi connectivity index (χ0) is 37.6. The molecule has 2 saturated heterocycles. The second-order valence-electron chi connectivity index (χ2n) is 17.5. The van der Waals surface area contributed by atoms with E-state index in [1.54, 1.807) is 0 Å². The lowest BCUT2D eigenvalue weighted by Gasteiger charge is -2.37. The van der Waals surface area contributed by atoms with Crippen LogP contribution in [0.15, 0.2) is 36.8 Å². The number of carbonyl (C=O) groups is 1. The Morgan fingerprint density at radius 1 is 0.885 bits per heavy atom. The molecule has 1 aromatic carbocycles. The van der Waals surface area contributed by atoms with Gasteiger partial charge >= 0.3 is 6.09 Å². The molecule has 2 fully saturated rings. The molecule has 0 bridgehead atoms. The first-order valence-corrected chi connectivity index (χ1v) is 21.9. The van der Waals surface area contributed by atoms with E-state index in [1.165, 1.54) is 21.4 Å². The quantitative estimate of drug-likeness (QED) is 0.169. The number of aryl methyl sites for hydroxylation is 2. The molecule has 3 aromatic heterocycles. The average Bonchev–Trinajstić information content (AvgIpc) is 3.69. The minimum atomic E-state index is -1.74. The van der Waals surface area contributed by atoms with Crippen LogP contribution in [0.2, 0.25) is 18.1 Å². The van der Waals surface area contributed by atoms with Gasteiger partial charge in [0.1, 0.15) is 5.60 Å². The summed E-state index contributed by atoms with van der Waals surface area (Å²) in [4.78, 5) is 20.9. The molecule has 6 rings (SSSR count). The van der Waals surface area contributed by atoms with E-state index in [0.29, 0.717) is 11.7 Å². The zero-order valence-corrected chi connectivity index (χ0v) is 34.4. The van der Waals surface area contributed by atoms with Crippen LogP contribution in [-0.4, -0.2) is 114 Å². The molecular formula is C40H60N8O3Si. The molecule has 0 N–H and O–H groups in total. The lowest BCUT2D eigenvalue weighted by Crippen LogP contribution is -2.45. The van der Waals surface area contributed by atoms with Crippen molar-refractivity contribution in [3.63, 3.8) is 0 Å². The van der Waals surface area contributed by atoms with E-state index in [2.05, 4.69) is 109 Å². The van der Waals surface area contributed by atoms with E-state index in [-0.39, 0.29) is 5.04 Å². The number of anilines is 1. The van der Waals surface area contributed by atoms with Crippen LogP contribution < -0.4 is 4.90 Å². The summed E-state index contributed by atoms with van der Waals surface area (Å²) >= 11 is 0. The predicted molar refractivity (Wildman–Crippen MR) is 213 cm³/mol. The number of rotatable bonds is 8. The standard InChI is InChI=1S/C40H60N8O3Si/c1-28-22-30(23-29(2)36(28)46-18-16-44(9)17-19-46)35-24-33-34(27-47(37(33)43-42-35)38(49)51-39(3,4)5)31-25-41-48(26-31)32-12-14-45(15-13-32)20-21-50-52(10,11)40(6,7)8/h22-27,32H,12-21H2,1-11H3. The lowest BCUT2D eigenvalue weighted by molar-refractivity contribution is 0.0543. The summed E-state index contributed by atoms with van der Waals surface area (Å²) in [5.41, 5.74) is 7.17. The maximum atomic E-state index is 13.5. The third-order valence-corrected chi connectivity index (χ3v) is 15.8. The molecule has 5 heterocycles. The van der Waals surface area contributed by atoms with Crippen LogP contribution in [0.1, 0.15) is 71.6 Å². The van der Waals surface area contributed by atoms with Crippen molar-refractivity contribution < 1.29 is 14.0 Å². The molecule has 4 aromatic rings. The van der Waals surface area contributed by atoms with Gasteiger partial charge < -0.3 is 23.9 Å². The molecule has 0 spiro atoms. The van der Waals surface area contributed by atoms with Gasteiger partial charge in [0.25, 0.3) is 0 Å². The lowest BCUT2D eigenvalue weighted by atomic mass is 9.99. The Kier molecular flexibility index (Phi) is 10.8. The van der Waals surface area contributed by atoms with Crippen molar-refractivity contribution in [1.29, 1.82) is 0 Å². The zero-order valence-electron chi connectivity index (χ0n) is 33.4. The average molecular weight is 729 g/mol. The van der Waals surface area contributed by atoms with Crippen molar-refractivity contribution in [1.82, 2.24) is 34.3 Å². The van der Waals surface area contributed by atoms with Crippen molar-refractivity contribution >= 4 is 31.1 Å². The van der Waals surface area contributed by atoms with Gasteiger partial charge in [0.05, 0.1) is 17.9 Å². The fraction of sp³-hybridized carbons (Fsp3) is 0.600. The Hall–Kier alpha value is -3.58. The van der Waals surface area contributed by atoms with Crippen LogP contribution >= 0.6 is 0 Å². The number of nitrogens with zero attached hydrogens (tertiary/aromatic N) is 8. The number of hydrogen-bond donors (Lipinski definition) is 0. The molecule has 2 aliphatic heterocycles. The van der Waals surface area contributed by atoms with Crippen LogP contribution in [0.4, 0.5) is 10.5 Å². The van der Waals surface area contributed by atoms with Crippen molar-refractivity contribution in [2.24, 2.45) is 0 Å². The number of piperidine rings is 1. The van der Waals surface area contributed by atoms with E-state index in [1.807, 2.05) is 33.2 Å². The summed E-state index contributed by atoms with van der Waals surface area (Å²) in [5, 5.41) is 15.2. The van der Waals surface area contributed by atoms with E-state index in [0.717, 1.165) is 93.0 Å². The van der Waals surface area contributed by atoms with Crippen LogP contribution in [0.5, 0.6) is 0 Å². The Morgan fingerprint density at radius 3 is 2.15 bits per heavy atom. The molecular weight excluding hydrogens is 669 g/mol. The van der Waals surface area contributed by atoms with Gasteiger partial charge in [-0.15, -0.1) is 10.2 Å². The van der Waals surface area contributed by atoms with Crippen LogP contribution in [0, 0.1) is 13.8 Å². The molecule has 52 heavy (non-hydrogen) atoms. The maximum Gasteiger partial charge on any atom is 0.420 e. The highest BCUT2D eigenvalue weighted by Crippen LogP contribution is 2.38. The highest BCUT2D eigenvalue weighted by atomic mass is 28.4. The Labute approximate surface area is 311 Å². The van der Waals surface area contributed by atoms with Gasteiger partial charge in [-0.2, -0.15) is 5.10 Å². The normalized spacial score (nSPS) is 17.3. The Balaban J connectivity index is 1.25. The summed E-state index contributed by atoms with van der Waals surface area (Å²) in [5.74, 6) is 0. The number of hydrogen-bond acceptors (Lipinski definition) is 9. The smallest absolute Gasteiger partial charge is 0.420 e. The van der Waals surface area contributed by atoms with Crippen molar-refractivity contribution in [3.05, 3.63) is 47.9 Å². The summed E-state index contributed by atoms with van der Waals surface area (Å²) in [7, 11) is 0.438. The second-order valence-corrected chi connectivity index (χ2v) is 22.3. The fourth-order valence-electron chi connectivity index (χ4n) is 7.21. The molecule has 0 saturated carbocycles. The summed E-state index contributed by atoms with van der Waals surface area (Å²) in [6.45, 7) is 29.4. The molecule has 0 unspecified atom stereocenters. The molecule has 12 heteroatoms. The molecule has 0 aliphatic carbocycles. The maximum absolute atomic E-state index is 13.5. The first-order valence-electron chi connectivity index (χ1n) is 19.0. The van der Waals surface area contributed by atoms with E-state index in [4.69, 9.17) is 14.3 Å². The predicted octanol–water partition coefficient (Wildman–Crippen LogP) is 7.77. The van der Waals surface area contributed by atoms with Crippen LogP contribution in [0.3, 0.4) is 0 Å². The second kappa shape index (κ2) is 14.7. The first kappa shape index (κ1) is 38.2. The fourth-order valence-corrected chi connectivity index (χ4v) is 8.24. The number of carbonyl (C=O) groups excluding carboxylic acids is 1. The van der Waals surface area contributed by atoms with E-state index < -0.39 is 20.0 Å². The van der Waals surface area contributed by atoms with Gasteiger partial charge in [-0.3, -0.25) is 4.68 Å². The minimum absolute atomic E-state index is 0.222. The third kappa shape index (κ3) is 8.30. The summed E-state index contributed by atoms with van der Waals surface area (Å²) in [6.07, 6.45) is 7.43. The Morgan fingerprint density at radius 2 is 1.54 bits per heavy atom. The van der Waals surface area contributed by atoms with Crippen molar-refractivity contribution in [2.45, 2.75) is 98.0 Å². The minimum Gasteiger partial charge on any atom is -0.443 e. The molecule has 11 nitrogen and oxygen atoms in total. The van der Waals surface area contributed by atoms with Gasteiger partial charge in [0, 0.05) is 92.6 Å². The van der Waals surface area contributed by atoms with Gasteiger partial charge in [-0.25, -0.2) is 9.36 Å². The van der Waals surface area contributed by atoms with Crippen molar-refractivity contribution in [2.75, 3.05) is 64.4 Å². The SMILES string of the molecule is Cc1cc(-c2cc3c(-c4cnn(C5CCN(CCO[Si](C)(C)C(C)(C)C)CC5)c4)cn(C(=O)OC(C)(C)C)c3nn2)cc(C)c1N1CCN(C)CC1. The molecule has 0 atom stereocenters. The van der Waals surface area contributed by atoms with Gasteiger partial charge in [-0.05, 0) is 102 Å². The van der Waals surface area contributed by atoms with E-state index in [9.17, 15) is 4.79 Å².